The second kappa shape index (κ2) is 10.6. The number of sulfonamides is 1. The fraction of sp³-hybridized carbons (Fsp3) is 0.269. The van der Waals surface area contributed by atoms with Gasteiger partial charge in [0.15, 0.2) is 0 Å². The Kier molecular flexibility index (Phi) is 7.56. The normalized spacial score (nSPS) is 16.4. The highest BCUT2D eigenvalue weighted by atomic mass is 35.5. The lowest BCUT2D eigenvalue weighted by molar-refractivity contribution is -0.123. The quantitative estimate of drug-likeness (QED) is 0.481. The van der Waals surface area contributed by atoms with Gasteiger partial charge in [0.1, 0.15) is 11.8 Å². The predicted octanol–water partition coefficient (Wildman–Crippen LogP) is 4.43. The van der Waals surface area contributed by atoms with Gasteiger partial charge in [-0.15, -0.1) is 0 Å². The Morgan fingerprint density at radius 1 is 1.09 bits per heavy atom. The molecule has 6 nitrogen and oxygen atoms in total. The molecule has 0 spiro atoms. The second-order valence-electron chi connectivity index (χ2n) is 8.31. The van der Waals surface area contributed by atoms with Gasteiger partial charge < -0.3 is 10.1 Å². The smallest absolute Gasteiger partial charge is 0.241 e. The molecule has 2 N–H and O–H groups in total. The summed E-state index contributed by atoms with van der Waals surface area (Å²) in [7, 11) is -2.57. The van der Waals surface area contributed by atoms with E-state index in [-0.39, 0.29) is 28.3 Å². The molecule has 1 amide bonds. The van der Waals surface area contributed by atoms with Crippen molar-refractivity contribution in [3.63, 3.8) is 0 Å². The van der Waals surface area contributed by atoms with Crippen LogP contribution in [0.4, 0.5) is 0 Å². The number of ether oxygens (including phenoxy) is 1. The molecule has 1 aliphatic carbocycles. The van der Waals surface area contributed by atoms with Crippen molar-refractivity contribution in [1.82, 2.24) is 10.0 Å². The lowest BCUT2D eigenvalue weighted by Gasteiger charge is -2.28. The molecule has 0 radical (unpaired) electrons. The highest BCUT2D eigenvalue weighted by Gasteiger charge is 2.29. The lowest BCUT2D eigenvalue weighted by atomic mass is 9.87. The van der Waals surface area contributed by atoms with Crippen molar-refractivity contribution in [3.8, 4) is 5.75 Å². The molecule has 8 heteroatoms. The van der Waals surface area contributed by atoms with Gasteiger partial charge in [-0.25, -0.2) is 8.42 Å². The van der Waals surface area contributed by atoms with E-state index in [4.69, 9.17) is 16.3 Å². The van der Waals surface area contributed by atoms with Crippen LogP contribution in [0.25, 0.3) is 0 Å². The number of methoxy groups -OCH3 is 1. The number of halogens is 1. The monoisotopic (exact) mass is 498 g/mol. The first kappa shape index (κ1) is 24.3. The van der Waals surface area contributed by atoms with Gasteiger partial charge in [0.2, 0.25) is 15.9 Å². The van der Waals surface area contributed by atoms with E-state index in [0.717, 1.165) is 30.4 Å². The highest BCUT2D eigenvalue weighted by Crippen LogP contribution is 2.30. The van der Waals surface area contributed by atoms with Gasteiger partial charge in [0, 0.05) is 0 Å². The van der Waals surface area contributed by atoms with Crippen molar-refractivity contribution in [2.45, 2.75) is 42.7 Å². The predicted molar refractivity (Wildman–Crippen MR) is 133 cm³/mol. The van der Waals surface area contributed by atoms with Crippen LogP contribution in [0.2, 0.25) is 5.02 Å². The molecule has 0 heterocycles. The van der Waals surface area contributed by atoms with Crippen molar-refractivity contribution in [2.24, 2.45) is 0 Å². The number of hydrogen-bond acceptors (Lipinski definition) is 4. The minimum absolute atomic E-state index is 0.0350. The first-order chi connectivity index (χ1) is 16.4. The van der Waals surface area contributed by atoms with Gasteiger partial charge in [-0.1, -0.05) is 66.2 Å². The molecule has 0 saturated heterocycles. The van der Waals surface area contributed by atoms with Crippen molar-refractivity contribution in [3.05, 3.63) is 94.5 Å². The van der Waals surface area contributed by atoms with Crippen LogP contribution < -0.4 is 14.8 Å². The lowest BCUT2D eigenvalue weighted by Crippen LogP contribution is -2.49. The number of carbonyl (C=O) groups is 1. The molecule has 0 saturated carbocycles. The maximum atomic E-state index is 13.4. The summed E-state index contributed by atoms with van der Waals surface area (Å²) in [5, 5.41) is 3.26. The molecule has 1 aliphatic rings. The zero-order valence-corrected chi connectivity index (χ0v) is 20.4. The van der Waals surface area contributed by atoms with Crippen molar-refractivity contribution in [1.29, 1.82) is 0 Å². The Labute approximate surface area is 205 Å². The molecular weight excluding hydrogens is 472 g/mol. The third-order valence-corrected chi connectivity index (χ3v) is 7.78. The Bertz CT molecular complexity index is 1260. The molecule has 0 aliphatic heterocycles. The summed E-state index contributed by atoms with van der Waals surface area (Å²) >= 11 is 6.14. The minimum atomic E-state index is -4.02. The average Bonchev–Trinajstić information content (AvgIpc) is 2.84. The standard InChI is InChI=1S/C26H27ClN2O4S/c1-33-25-15-14-20(17-22(25)27)34(31,32)29-24(16-18-8-3-2-4-9-18)26(30)28-23-13-7-11-19-10-5-6-12-21(19)23/h2-6,8-10,12,14-15,17,23-24,29H,7,11,13,16H2,1H3,(H,28,30)/t23-,24-/m0/s1. The molecular formula is C26H27ClN2O4S. The molecule has 3 aromatic carbocycles. The van der Waals surface area contributed by atoms with E-state index in [1.165, 1.54) is 30.9 Å². The zero-order chi connectivity index (χ0) is 24.1. The van der Waals surface area contributed by atoms with Crippen LogP contribution in [-0.2, 0) is 27.7 Å². The maximum absolute atomic E-state index is 13.4. The highest BCUT2D eigenvalue weighted by molar-refractivity contribution is 7.89. The molecule has 2 atom stereocenters. The fourth-order valence-electron chi connectivity index (χ4n) is 4.28. The van der Waals surface area contributed by atoms with E-state index in [9.17, 15) is 13.2 Å². The SMILES string of the molecule is COc1ccc(S(=O)(=O)N[C@@H](Cc2ccccc2)C(=O)N[C@H]2CCCc3ccccc32)cc1Cl. The Morgan fingerprint density at radius 2 is 1.82 bits per heavy atom. The molecule has 3 aromatic rings. The molecule has 0 fully saturated rings. The van der Waals surface area contributed by atoms with E-state index in [1.807, 2.05) is 48.5 Å². The van der Waals surface area contributed by atoms with Gasteiger partial charge in [-0.3, -0.25) is 4.79 Å². The zero-order valence-electron chi connectivity index (χ0n) is 18.8. The summed E-state index contributed by atoms with van der Waals surface area (Å²) in [4.78, 5) is 13.4. The number of hydrogen-bond donors (Lipinski definition) is 2. The van der Waals surface area contributed by atoms with E-state index >= 15 is 0 Å². The van der Waals surface area contributed by atoms with E-state index in [1.54, 1.807) is 0 Å². The maximum Gasteiger partial charge on any atom is 0.241 e. The number of aryl methyl sites for hydroxylation is 1. The Morgan fingerprint density at radius 3 is 2.56 bits per heavy atom. The van der Waals surface area contributed by atoms with Crippen molar-refractivity contribution in [2.75, 3.05) is 7.11 Å². The van der Waals surface area contributed by atoms with Gasteiger partial charge in [-0.05, 0) is 60.6 Å². The molecule has 178 valence electrons. The fourth-order valence-corrected chi connectivity index (χ4v) is 5.83. The van der Waals surface area contributed by atoms with E-state index in [0.29, 0.717) is 5.75 Å². The largest absolute Gasteiger partial charge is 0.495 e. The number of rotatable bonds is 8. The summed E-state index contributed by atoms with van der Waals surface area (Å²) in [5.41, 5.74) is 3.15. The minimum Gasteiger partial charge on any atom is -0.495 e. The number of fused-ring (bicyclic) bond motifs is 1. The molecule has 0 aromatic heterocycles. The van der Waals surface area contributed by atoms with Gasteiger partial charge >= 0.3 is 0 Å². The van der Waals surface area contributed by atoms with E-state index in [2.05, 4.69) is 16.1 Å². The Hall–Kier alpha value is -2.87. The summed E-state index contributed by atoms with van der Waals surface area (Å²) < 4.78 is 34.1. The van der Waals surface area contributed by atoms with Crippen molar-refractivity contribution >= 4 is 27.5 Å². The average molecular weight is 499 g/mol. The van der Waals surface area contributed by atoms with Crippen LogP contribution in [0.3, 0.4) is 0 Å². The van der Waals surface area contributed by atoms with Crippen LogP contribution in [0.1, 0.15) is 35.6 Å². The summed E-state index contributed by atoms with van der Waals surface area (Å²) in [6, 6.07) is 20.4. The second-order valence-corrected chi connectivity index (χ2v) is 10.4. The van der Waals surface area contributed by atoms with Crippen LogP contribution in [0.15, 0.2) is 77.7 Å². The van der Waals surface area contributed by atoms with Crippen LogP contribution in [-0.4, -0.2) is 27.5 Å². The summed E-state index contributed by atoms with van der Waals surface area (Å²) in [6.07, 6.45) is 2.95. The van der Waals surface area contributed by atoms with Crippen molar-refractivity contribution < 1.29 is 17.9 Å². The van der Waals surface area contributed by atoms with Gasteiger partial charge in [0.05, 0.1) is 23.1 Å². The number of amides is 1. The molecule has 0 unspecified atom stereocenters. The Balaban J connectivity index is 1.59. The molecule has 0 bridgehead atoms. The summed E-state index contributed by atoms with van der Waals surface area (Å²) in [5.74, 6) is 0.00361. The topological polar surface area (TPSA) is 84.5 Å². The molecule has 34 heavy (non-hydrogen) atoms. The third kappa shape index (κ3) is 5.60. The van der Waals surface area contributed by atoms with Crippen LogP contribution >= 0.6 is 11.6 Å². The molecule has 4 rings (SSSR count). The van der Waals surface area contributed by atoms with E-state index < -0.39 is 16.1 Å². The first-order valence-electron chi connectivity index (χ1n) is 11.2. The van der Waals surface area contributed by atoms with Gasteiger partial charge in [-0.2, -0.15) is 4.72 Å². The number of carbonyl (C=O) groups excluding carboxylic acids is 1. The number of benzene rings is 3. The van der Waals surface area contributed by atoms with Gasteiger partial charge in [0.25, 0.3) is 0 Å². The number of nitrogens with one attached hydrogen (secondary N) is 2. The summed E-state index contributed by atoms with van der Waals surface area (Å²) in [6.45, 7) is 0. The first-order valence-corrected chi connectivity index (χ1v) is 13.0. The van der Waals surface area contributed by atoms with Crippen LogP contribution in [0, 0.1) is 0 Å². The third-order valence-electron chi connectivity index (χ3n) is 6.02. The van der Waals surface area contributed by atoms with Crippen LogP contribution in [0.5, 0.6) is 5.75 Å².